The fourth-order valence-corrected chi connectivity index (χ4v) is 3.98. The van der Waals surface area contributed by atoms with Crippen LogP contribution in [0.15, 0.2) is 77.9 Å². The first-order valence-electron chi connectivity index (χ1n) is 10.9. The Kier molecular flexibility index (Phi) is 7.64. The van der Waals surface area contributed by atoms with E-state index in [1.165, 1.54) is 10.5 Å². The van der Waals surface area contributed by atoms with Crippen molar-refractivity contribution in [3.63, 3.8) is 0 Å². The average molecular weight is 451 g/mol. The Morgan fingerprint density at radius 3 is 2.47 bits per heavy atom. The smallest absolute Gasteiger partial charge is 0.161 e. The lowest BCUT2D eigenvalue weighted by molar-refractivity contribution is -0.918. The fourth-order valence-electron chi connectivity index (χ4n) is 3.78. The van der Waals surface area contributed by atoms with Crippen LogP contribution in [0, 0.1) is 0 Å². The third-order valence-corrected chi connectivity index (χ3v) is 6.01. The molecule has 3 aromatic rings. The number of hydrogen-bond acceptors (Lipinski definition) is 4. The van der Waals surface area contributed by atoms with Gasteiger partial charge in [0, 0.05) is 10.6 Å². The van der Waals surface area contributed by atoms with Crippen molar-refractivity contribution >= 4 is 17.8 Å². The van der Waals surface area contributed by atoms with Gasteiger partial charge < -0.3 is 14.4 Å². The molecule has 0 aliphatic carbocycles. The van der Waals surface area contributed by atoms with Crippen LogP contribution in [-0.4, -0.2) is 44.5 Å². The van der Waals surface area contributed by atoms with E-state index in [1.54, 1.807) is 7.11 Å². The number of hydrogen-bond donors (Lipinski definition) is 1. The van der Waals surface area contributed by atoms with E-state index in [-0.39, 0.29) is 0 Å². The zero-order chi connectivity index (χ0) is 22.2. The monoisotopic (exact) mass is 450 g/mol. The number of quaternary nitrogens is 1. The summed E-state index contributed by atoms with van der Waals surface area (Å²) in [6.45, 7) is 5.39. The third kappa shape index (κ3) is 6.02. The minimum Gasteiger partial charge on any atom is -0.493 e. The maximum Gasteiger partial charge on any atom is 0.161 e. The maximum absolute atomic E-state index is 6.31. The van der Waals surface area contributed by atoms with E-state index in [2.05, 4.69) is 16.2 Å². The van der Waals surface area contributed by atoms with Crippen molar-refractivity contribution < 1.29 is 14.4 Å². The SMILES string of the molecule is COc1cc(/C=N/N2CC[NH+](Cc3ccccc3Cl)CC2)ccc1OCc1ccccc1. The summed E-state index contributed by atoms with van der Waals surface area (Å²) in [5, 5.41) is 7.66. The summed E-state index contributed by atoms with van der Waals surface area (Å²) in [4.78, 5) is 1.53. The van der Waals surface area contributed by atoms with Gasteiger partial charge in [0.2, 0.25) is 0 Å². The molecule has 0 amide bonds. The highest BCUT2D eigenvalue weighted by Crippen LogP contribution is 2.28. The number of nitrogens with zero attached hydrogens (tertiary/aromatic N) is 2. The van der Waals surface area contributed by atoms with Gasteiger partial charge in [-0.05, 0) is 35.4 Å². The van der Waals surface area contributed by atoms with Crippen LogP contribution >= 0.6 is 11.6 Å². The highest BCUT2D eigenvalue weighted by Gasteiger charge is 2.19. The lowest BCUT2D eigenvalue weighted by Gasteiger charge is -2.30. The van der Waals surface area contributed by atoms with Gasteiger partial charge >= 0.3 is 0 Å². The van der Waals surface area contributed by atoms with Crippen LogP contribution in [0.2, 0.25) is 5.02 Å². The number of nitrogens with one attached hydrogen (secondary N) is 1. The summed E-state index contributed by atoms with van der Waals surface area (Å²) in [7, 11) is 1.66. The summed E-state index contributed by atoms with van der Waals surface area (Å²) >= 11 is 6.31. The molecule has 1 N–H and O–H groups in total. The maximum atomic E-state index is 6.31. The number of halogens is 1. The summed E-state index contributed by atoms with van der Waals surface area (Å²) in [6, 6.07) is 24.1. The van der Waals surface area contributed by atoms with Crippen molar-refractivity contribution in [2.24, 2.45) is 5.10 Å². The van der Waals surface area contributed by atoms with E-state index < -0.39 is 0 Å². The van der Waals surface area contributed by atoms with Gasteiger partial charge in [-0.2, -0.15) is 5.10 Å². The average Bonchev–Trinajstić information content (AvgIpc) is 2.84. The lowest BCUT2D eigenvalue weighted by atomic mass is 10.2. The molecule has 1 heterocycles. The largest absolute Gasteiger partial charge is 0.493 e. The molecule has 0 bridgehead atoms. The zero-order valence-corrected chi connectivity index (χ0v) is 19.1. The number of benzene rings is 3. The quantitative estimate of drug-likeness (QED) is 0.532. The van der Waals surface area contributed by atoms with E-state index in [4.69, 9.17) is 21.1 Å². The first kappa shape index (κ1) is 22.2. The van der Waals surface area contributed by atoms with Gasteiger partial charge in [0.05, 0.1) is 39.5 Å². The molecule has 166 valence electrons. The summed E-state index contributed by atoms with van der Waals surface area (Å²) in [5.41, 5.74) is 3.32. The van der Waals surface area contributed by atoms with Crippen molar-refractivity contribution in [3.05, 3.63) is 94.5 Å². The molecule has 1 fully saturated rings. The Balaban J connectivity index is 1.30. The molecule has 5 nitrogen and oxygen atoms in total. The van der Waals surface area contributed by atoms with Gasteiger partial charge in [0.25, 0.3) is 0 Å². The third-order valence-electron chi connectivity index (χ3n) is 5.64. The second kappa shape index (κ2) is 11.0. The van der Waals surface area contributed by atoms with Crippen molar-refractivity contribution in [2.45, 2.75) is 13.2 Å². The molecule has 0 radical (unpaired) electrons. The molecule has 0 spiro atoms. The zero-order valence-electron chi connectivity index (χ0n) is 18.3. The number of hydrazone groups is 1. The van der Waals surface area contributed by atoms with Crippen LogP contribution in [0.3, 0.4) is 0 Å². The van der Waals surface area contributed by atoms with E-state index >= 15 is 0 Å². The van der Waals surface area contributed by atoms with Crippen molar-refractivity contribution in [3.8, 4) is 11.5 Å². The van der Waals surface area contributed by atoms with E-state index in [0.29, 0.717) is 12.4 Å². The first-order valence-corrected chi connectivity index (χ1v) is 11.3. The van der Waals surface area contributed by atoms with Crippen molar-refractivity contribution in [1.29, 1.82) is 0 Å². The van der Waals surface area contributed by atoms with Gasteiger partial charge in [-0.3, -0.25) is 5.01 Å². The van der Waals surface area contributed by atoms with E-state index in [9.17, 15) is 0 Å². The van der Waals surface area contributed by atoms with Crippen LogP contribution in [-0.2, 0) is 13.2 Å². The van der Waals surface area contributed by atoms with Gasteiger partial charge in [0.15, 0.2) is 11.5 Å². The molecule has 32 heavy (non-hydrogen) atoms. The molecule has 0 saturated carbocycles. The predicted octanol–water partition coefficient (Wildman–Crippen LogP) is 3.66. The molecule has 1 aliphatic rings. The molecule has 0 aromatic heterocycles. The molecule has 1 saturated heterocycles. The Morgan fingerprint density at radius 2 is 1.72 bits per heavy atom. The normalized spacial score (nSPS) is 14.6. The highest BCUT2D eigenvalue weighted by molar-refractivity contribution is 6.31. The minimum absolute atomic E-state index is 0.505. The molecular formula is C26H29ClN3O2+. The summed E-state index contributed by atoms with van der Waals surface area (Å²) < 4.78 is 11.5. The topological polar surface area (TPSA) is 38.5 Å². The number of methoxy groups -OCH3 is 1. The number of ether oxygens (including phenoxy) is 2. The van der Waals surface area contributed by atoms with Crippen LogP contribution in [0.5, 0.6) is 11.5 Å². The van der Waals surface area contributed by atoms with Crippen molar-refractivity contribution in [2.75, 3.05) is 33.3 Å². The summed E-state index contributed by atoms with van der Waals surface area (Å²) in [6.07, 6.45) is 1.89. The molecular weight excluding hydrogens is 422 g/mol. The molecule has 6 heteroatoms. The van der Waals surface area contributed by atoms with Crippen LogP contribution in [0.25, 0.3) is 0 Å². The first-order chi connectivity index (χ1) is 15.7. The molecule has 3 aromatic carbocycles. The van der Waals surface area contributed by atoms with Crippen molar-refractivity contribution in [1.82, 2.24) is 5.01 Å². The van der Waals surface area contributed by atoms with E-state index in [1.807, 2.05) is 72.9 Å². The van der Waals surface area contributed by atoms with Crippen LogP contribution < -0.4 is 14.4 Å². The van der Waals surface area contributed by atoms with Gasteiger partial charge in [-0.1, -0.05) is 60.1 Å². The van der Waals surface area contributed by atoms with Gasteiger partial charge in [-0.25, -0.2) is 0 Å². The standard InChI is InChI=1S/C26H28ClN3O2/c1-31-26-17-22(11-12-25(26)32-20-21-7-3-2-4-8-21)18-28-30-15-13-29(14-16-30)19-23-9-5-6-10-24(23)27/h2-12,17-18H,13-16,19-20H2,1H3/p+1/b28-18+. The van der Waals surface area contributed by atoms with Crippen LogP contribution in [0.1, 0.15) is 16.7 Å². The fraction of sp³-hybridized carbons (Fsp3) is 0.269. The minimum atomic E-state index is 0.505. The van der Waals surface area contributed by atoms with Gasteiger partial charge in [-0.15, -0.1) is 0 Å². The Hall–Kier alpha value is -3.02. The Bertz CT molecular complexity index is 1030. The molecule has 1 aliphatic heterocycles. The van der Waals surface area contributed by atoms with E-state index in [0.717, 1.165) is 54.6 Å². The second-order valence-corrected chi connectivity index (χ2v) is 8.31. The lowest BCUT2D eigenvalue weighted by Crippen LogP contribution is -3.13. The highest BCUT2D eigenvalue weighted by atomic mass is 35.5. The van der Waals surface area contributed by atoms with Crippen LogP contribution in [0.4, 0.5) is 0 Å². The van der Waals surface area contributed by atoms with Gasteiger partial charge in [0.1, 0.15) is 13.2 Å². The number of rotatable bonds is 8. The predicted molar refractivity (Wildman–Crippen MR) is 129 cm³/mol. The Morgan fingerprint density at radius 1 is 0.969 bits per heavy atom. The Labute approximate surface area is 194 Å². The summed E-state index contributed by atoms with van der Waals surface area (Å²) in [5.74, 6) is 1.43. The second-order valence-electron chi connectivity index (χ2n) is 7.90. The molecule has 0 unspecified atom stereocenters. The molecule has 0 atom stereocenters. The number of piperazine rings is 1. The molecule has 4 rings (SSSR count).